The van der Waals surface area contributed by atoms with E-state index in [4.69, 9.17) is 16.0 Å². The smallest absolute Gasteiger partial charge is 0.289 e. The molecule has 3 aromatic rings. The van der Waals surface area contributed by atoms with Crippen molar-refractivity contribution < 1.29 is 14.1 Å². The van der Waals surface area contributed by atoms with Crippen LogP contribution in [-0.4, -0.2) is 22.0 Å². The molecule has 0 bridgehead atoms. The summed E-state index contributed by atoms with van der Waals surface area (Å²) in [6.45, 7) is 0. The van der Waals surface area contributed by atoms with Crippen molar-refractivity contribution in [3.63, 3.8) is 0 Å². The van der Waals surface area contributed by atoms with Crippen LogP contribution in [0.3, 0.4) is 0 Å². The Kier molecular flexibility index (Phi) is 5.04. The number of hydrogen-bond acceptors (Lipinski definition) is 6. The number of nitro benzene ring substituents is 1. The van der Waals surface area contributed by atoms with Gasteiger partial charge in [0, 0.05) is 23.9 Å². The van der Waals surface area contributed by atoms with Crippen LogP contribution in [0.15, 0.2) is 64.2 Å². The summed E-state index contributed by atoms with van der Waals surface area (Å²) in [6.07, 6.45) is 2.80. The molecular formula is C17H11ClN4O4. The normalized spacial score (nSPS) is 10.8. The van der Waals surface area contributed by atoms with Gasteiger partial charge < -0.3 is 4.42 Å². The average Bonchev–Trinajstić information content (AvgIpc) is 3.11. The number of nitrogens with zero attached hydrogens (tertiary/aromatic N) is 3. The van der Waals surface area contributed by atoms with Gasteiger partial charge >= 0.3 is 0 Å². The predicted molar refractivity (Wildman–Crippen MR) is 95.1 cm³/mol. The lowest BCUT2D eigenvalue weighted by Gasteiger charge is -2.00. The average molecular weight is 371 g/mol. The fourth-order valence-corrected chi connectivity index (χ4v) is 2.30. The Balaban J connectivity index is 1.73. The molecular weight excluding hydrogens is 360 g/mol. The zero-order valence-corrected chi connectivity index (χ0v) is 13.9. The van der Waals surface area contributed by atoms with E-state index in [-0.39, 0.29) is 11.4 Å². The van der Waals surface area contributed by atoms with E-state index in [2.05, 4.69) is 15.5 Å². The van der Waals surface area contributed by atoms with Gasteiger partial charge in [-0.25, -0.2) is 5.43 Å². The second kappa shape index (κ2) is 7.58. The Morgan fingerprint density at radius 2 is 2.12 bits per heavy atom. The highest BCUT2D eigenvalue weighted by molar-refractivity contribution is 6.33. The molecule has 3 rings (SSSR count). The number of furan rings is 1. The second-order valence-electron chi connectivity index (χ2n) is 5.04. The molecule has 0 radical (unpaired) electrons. The highest BCUT2D eigenvalue weighted by Gasteiger charge is 2.14. The van der Waals surface area contributed by atoms with E-state index in [1.165, 1.54) is 30.6 Å². The molecule has 1 aromatic carbocycles. The van der Waals surface area contributed by atoms with Gasteiger partial charge in [-0.2, -0.15) is 5.10 Å². The Morgan fingerprint density at radius 3 is 2.85 bits per heavy atom. The van der Waals surface area contributed by atoms with E-state index in [0.29, 0.717) is 22.1 Å². The van der Waals surface area contributed by atoms with E-state index in [9.17, 15) is 14.9 Å². The minimum absolute atomic E-state index is 0.0985. The highest BCUT2D eigenvalue weighted by Crippen LogP contribution is 2.32. The van der Waals surface area contributed by atoms with E-state index in [1.54, 1.807) is 30.3 Å². The Morgan fingerprint density at radius 1 is 1.27 bits per heavy atom. The summed E-state index contributed by atoms with van der Waals surface area (Å²) in [7, 11) is 0. The molecule has 0 saturated carbocycles. The van der Waals surface area contributed by atoms with E-state index < -0.39 is 10.8 Å². The molecule has 130 valence electrons. The molecule has 1 amide bonds. The Hall–Kier alpha value is -3.52. The molecule has 2 aromatic heterocycles. The number of carbonyl (C=O) groups excluding carboxylic acids is 1. The fraction of sp³-hybridized carbons (Fsp3) is 0. The maximum atomic E-state index is 11.8. The quantitative estimate of drug-likeness (QED) is 0.418. The number of rotatable bonds is 5. The maximum absolute atomic E-state index is 11.8. The SMILES string of the molecule is O=C(N/N=C\c1ccc(-c2cc([N+](=O)[O-])ccc2Cl)o1)c1ccccn1. The predicted octanol–water partition coefficient (Wildman–Crippen LogP) is 3.67. The number of halogens is 1. The largest absolute Gasteiger partial charge is 0.455 e. The number of amides is 1. The van der Waals surface area contributed by atoms with Crippen LogP contribution in [0.25, 0.3) is 11.3 Å². The van der Waals surface area contributed by atoms with Crippen molar-refractivity contribution in [1.29, 1.82) is 0 Å². The first-order valence-electron chi connectivity index (χ1n) is 7.33. The van der Waals surface area contributed by atoms with Gasteiger partial charge in [0.15, 0.2) is 0 Å². The second-order valence-corrected chi connectivity index (χ2v) is 5.44. The van der Waals surface area contributed by atoms with Crippen LogP contribution in [0.2, 0.25) is 5.02 Å². The van der Waals surface area contributed by atoms with Crippen LogP contribution in [0.5, 0.6) is 0 Å². The highest BCUT2D eigenvalue weighted by atomic mass is 35.5. The van der Waals surface area contributed by atoms with Crippen LogP contribution in [0, 0.1) is 10.1 Å². The standard InChI is InChI=1S/C17H11ClN4O4/c18-14-6-4-11(22(24)25)9-13(14)16-7-5-12(26-16)10-20-21-17(23)15-3-1-2-8-19-15/h1-10H,(H,21,23)/b20-10-. The lowest BCUT2D eigenvalue weighted by atomic mass is 10.1. The lowest BCUT2D eigenvalue weighted by molar-refractivity contribution is -0.384. The number of nitro groups is 1. The van der Waals surface area contributed by atoms with Gasteiger partial charge in [0.05, 0.1) is 16.2 Å². The Bertz CT molecular complexity index is 985. The molecule has 9 heteroatoms. The van der Waals surface area contributed by atoms with Crippen molar-refractivity contribution in [2.45, 2.75) is 0 Å². The van der Waals surface area contributed by atoms with Crippen molar-refractivity contribution in [3.05, 3.63) is 81.3 Å². The number of benzene rings is 1. The van der Waals surface area contributed by atoms with Gasteiger partial charge in [-0.1, -0.05) is 17.7 Å². The molecule has 2 heterocycles. The summed E-state index contributed by atoms with van der Waals surface area (Å²) in [5.74, 6) is 0.218. The number of hydrazone groups is 1. The molecule has 8 nitrogen and oxygen atoms in total. The van der Waals surface area contributed by atoms with Gasteiger partial charge in [-0.15, -0.1) is 0 Å². The van der Waals surface area contributed by atoms with Crippen LogP contribution in [0.4, 0.5) is 5.69 Å². The number of hydrogen-bond donors (Lipinski definition) is 1. The molecule has 26 heavy (non-hydrogen) atoms. The third-order valence-corrected chi connectivity index (χ3v) is 3.64. The van der Waals surface area contributed by atoms with Crippen LogP contribution < -0.4 is 5.43 Å². The van der Waals surface area contributed by atoms with Crippen LogP contribution in [0.1, 0.15) is 16.2 Å². The molecule has 0 atom stereocenters. The summed E-state index contributed by atoms with van der Waals surface area (Å²) in [5.41, 5.74) is 2.84. The number of nitrogens with one attached hydrogen (secondary N) is 1. The summed E-state index contributed by atoms with van der Waals surface area (Å²) in [4.78, 5) is 26.1. The minimum Gasteiger partial charge on any atom is -0.455 e. The lowest BCUT2D eigenvalue weighted by Crippen LogP contribution is -2.18. The molecule has 1 N–H and O–H groups in total. The number of non-ortho nitro benzene ring substituents is 1. The number of pyridine rings is 1. The van der Waals surface area contributed by atoms with Crippen LogP contribution >= 0.6 is 11.6 Å². The zero-order chi connectivity index (χ0) is 18.5. The van der Waals surface area contributed by atoms with E-state index >= 15 is 0 Å². The first kappa shape index (κ1) is 17.3. The van der Waals surface area contributed by atoms with E-state index in [0.717, 1.165) is 0 Å². The van der Waals surface area contributed by atoms with Gasteiger partial charge in [0.1, 0.15) is 17.2 Å². The third kappa shape index (κ3) is 3.93. The molecule has 0 saturated heterocycles. The number of aromatic nitrogens is 1. The topological polar surface area (TPSA) is 111 Å². The minimum atomic E-state index is -0.516. The first-order chi connectivity index (χ1) is 12.5. The molecule has 0 aliphatic heterocycles. The molecule has 0 fully saturated rings. The summed E-state index contributed by atoms with van der Waals surface area (Å²) >= 11 is 6.08. The van der Waals surface area contributed by atoms with Gasteiger partial charge in [-0.05, 0) is 30.3 Å². The summed E-state index contributed by atoms with van der Waals surface area (Å²) < 4.78 is 5.55. The molecule has 0 unspecified atom stereocenters. The number of carbonyl (C=O) groups is 1. The van der Waals surface area contributed by atoms with Crippen molar-refractivity contribution in [1.82, 2.24) is 10.4 Å². The Labute approximate surface area is 152 Å². The monoisotopic (exact) mass is 370 g/mol. The molecule has 0 aliphatic rings. The zero-order valence-electron chi connectivity index (χ0n) is 13.1. The molecule has 0 spiro atoms. The van der Waals surface area contributed by atoms with Gasteiger partial charge in [0.25, 0.3) is 11.6 Å². The van der Waals surface area contributed by atoms with Crippen molar-refractivity contribution in [2.75, 3.05) is 0 Å². The maximum Gasteiger partial charge on any atom is 0.289 e. The van der Waals surface area contributed by atoms with Crippen molar-refractivity contribution in [2.24, 2.45) is 5.10 Å². The van der Waals surface area contributed by atoms with E-state index in [1.807, 2.05) is 0 Å². The van der Waals surface area contributed by atoms with Crippen molar-refractivity contribution in [3.8, 4) is 11.3 Å². The fourth-order valence-electron chi connectivity index (χ4n) is 2.09. The van der Waals surface area contributed by atoms with Crippen molar-refractivity contribution >= 4 is 29.4 Å². The first-order valence-corrected chi connectivity index (χ1v) is 7.71. The molecule has 0 aliphatic carbocycles. The van der Waals surface area contributed by atoms with Crippen LogP contribution in [-0.2, 0) is 0 Å². The summed E-state index contributed by atoms with van der Waals surface area (Å²) in [5, 5.41) is 15.0. The van der Waals surface area contributed by atoms with Gasteiger partial charge in [0.2, 0.25) is 0 Å². The van der Waals surface area contributed by atoms with Gasteiger partial charge in [-0.3, -0.25) is 19.9 Å². The third-order valence-electron chi connectivity index (χ3n) is 3.31. The summed E-state index contributed by atoms with van der Waals surface area (Å²) in [6, 6.07) is 12.2.